The summed E-state index contributed by atoms with van der Waals surface area (Å²) in [5.41, 5.74) is 3.73. The first-order valence-corrected chi connectivity index (χ1v) is 11.9. The largest absolute Gasteiger partial charge is 1.00 e. The molecule has 3 heterocycles. The Bertz CT molecular complexity index is 1150. The zero-order valence-electron chi connectivity index (χ0n) is 22.1. The fraction of sp³-hybridized carbons (Fsp3) is 0.458. The Morgan fingerprint density at radius 1 is 1.08 bits per heavy atom. The van der Waals surface area contributed by atoms with Gasteiger partial charge in [0.05, 0.1) is 11.7 Å². The first-order valence-electron chi connectivity index (χ1n) is 11.9. The molecule has 0 aliphatic carbocycles. The maximum Gasteiger partial charge on any atom is 1.00 e. The molecule has 3 aromatic rings. The van der Waals surface area contributed by atoms with Gasteiger partial charge in [0.1, 0.15) is 0 Å². The van der Waals surface area contributed by atoms with E-state index in [0.29, 0.717) is 5.92 Å². The second-order valence-corrected chi connectivity index (χ2v) is 8.68. The molecule has 1 radical (unpaired) electrons. The van der Waals surface area contributed by atoms with Crippen molar-refractivity contribution in [3.8, 4) is 0 Å². The topological polar surface area (TPSA) is 129 Å². The van der Waals surface area contributed by atoms with Crippen molar-refractivity contribution in [2.45, 2.75) is 46.0 Å². The molecule has 1 aromatic carbocycles. The molecular weight excluding hydrogens is 488 g/mol. The standard InChI is InChI=1S/C18H23N5.C6H9BO6.Na/c1-22-12-14(11-19-22)5-4-9-23-10-8-15(13-23)18-16-6-2-3-7-17(16)20-21-18;1-4(8)11-7(12-5(2)9)13-6(3)10;/h2-3,6-7,11-12,15H,4-5,8-10,13H2,1H3,(H,20,21);1-3H3;/q;-1;+1. The number of carbonyl (C=O) groups is 3. The van der Waals surface area contributed by atoms with Gasteiger partial charge in [0.25, 0.3) is 17.9 Å². The molecule has 1 N–H and O–H groups in total. The number of benzene rings is 1. The summed E-state index contributed by atoms with van der Waals surface area (Å²) in [5.74, 6) is -1.56. The van der Waals surface area contributed by atoms with Crippen LogP contribution in [0.15, 0.2) is 36.7 Å². The number of likely N-dealkylation sites (tertiary alicyclic amines) is 1. The van der Waals surface area contributed by atoms with Gasteiger partial charge in [0.15, 0.2) is 0 Å². The number of carbonyl (C=O) groups excluding carboxylic acids is 3. The van der Waals surface area contributed by atoms with Crippen LogP contribution >= 0.6 is 0 Å². The van der Waals surface area contributed by atoms with Crippen LogP contribution in [-0.2, 0) is 41.8 Å². The molecule has 1 aliphatic rings. The first-order chi connectivity index (χ1) is 17.2. The van der Waals surface area contributed by atoms with Gasteiger partial charge in [0, 0.05) is 57.6 Å². The van der Waals surface area contributed by atoms with Crippen LogP contribution in [0.4, 0.5) is 0 Å². The molecule has 1 saturated heterocycles. The number of nitrogens with zero attached hydrogens (tertiary/aromatic N) is 4. The minimum Gasteiger partial charge on any atom is -0.642 e. The molecular formula is C24H32BN5NaO6. The van der Waals surface area contributed by atoms with Gasteiger partial charge in [-0.3, -0.25) is 24.2 Å². The number of fused-ring (bicyclic) bond motifs is 1. The molecule has 1 aliphatic heterocycles. The third-order valence-corrected chi connectivity index (χ3v) is 5.66. The predicted octanol–water partition coefficient (Wildman–Crippen LogP) is -0.617. The molecule has 1 fully saturated rings. The summed E-state index contributed by atoms with van der Waals surface area (Å²) >= 11 is 0. The molecule has 0 bridgehead atoms. The van der Waals surface area contributed by atoms with Crippen LogP contribution in [0.25, 0.3) is 10.9 Å². The van der Waals surface area contributed by atoms with Crippen LogP contribution in [0.1, 0.15) is 50.8 Å². The van der Waals surface area contributed by atoms with E-state index < -0.39 is 25.2 Å². The fourth-order valence-electron chi connectivity index (χ4n) is 4.15. The Balaban J connectivity index is 0.000000299. The number of hydrogen-bond donors (Lipinski definition) is 1. The fourth-order valence-corrected chi connectivity index (χ4v) is 4.15. The summed E-state index contributed by atoms with van der Waals surface area (Å²) in [4.78, 5) is 33.8. The van der Waals surface area contributed by atoms with Gasteiger partial charge >= 0.3 is 36.9 Å². The van der Waals surface area contributed by atoms with Crippen molar-refractivity contribution >= 4 is 36.1 Å². The van der Waals surface area contributed by atoms with Crippen LogP contribution < -0.4 is 29.6 Å². The van der Waals surface area contributed by atoms with Gasteiger partial charge in [0.2, 0.25) is 0 Å². The minimum absolute atomic E-state index is 0. The molecule has 0 amide bonds. The predicted molar refractivity (Wildman–Crippen MR) is 132 cm³/mol. The number of H-pyrrole nitrogens is 1. The van der Waals surface area contributed by atoms with E-state index in [2.05, 4.69) is 58.6 Å². The molecule has 193 valence electrons. The maximum absolute atomic E-state index is 10.4. The maximum atomic E-state index is 10.4. The monoisotopic (exact) mass is 520 g/mol. The van der Waals surface area contributed by atoms with Gasteiger partial charge < -0.3 is 18.9 Å². The van der Waals surface area contributed by atoms with E-state index in [1.807, 2.05) is 24.0 Å². The van der Waals surface area contributed by atoms with Crippen LogP contribution in [0, 0.1) is 0 Å². The summed E-state index contributed by atoms with van der Waals surface area (Å²) in [5, 5.41) is 13.2. The zero-order valence-corrected chi connectivity index (χ0v) is 24.1. The Morgan fingerprint density at radius 2 is 1.73 bits per heavy atom. The van der Waals surface area contributed by atoms with E-state index >= 15 is 0 Å². The van der Waals surface area contributed by atoms with Crippen LogP contribution in [-0.4, -0.2) is 69.7 Å². The van der Waals surface area contributed by atoms with E-state index in [1.54, 1.807) is 0 Å². The molecule has 37 heavy (non-hydrogen) atoms. The molecule has 0 spiro atoms. The minimum atomic E-state index is -1.59. The van der Waals surface area contributed by atoms with Crippen molar-refractivity contribution in [3.05, 3.63) is 47.9 Å². The summed E-state index contributed by atoms with van der Waals surface area (Å²) < 4.78 is 14.9. The van der Waals surface area contributed by atoms with Crippen molar-refractivity contribution in [2.75, 3.05) is 19.6 Å². The van der Waals surface area contributed by atoms with E-state index in [1.165, 1.54) is 36.0 Å². The van der Waals surface area contributed by atoms with Crippen molar-refractivity contribution in [1.29, 1.82) is 0 Å². The quantitative estimate of drug-likeness (QED) is 0.387. The summed E-state index contributed by atoms with van der Waals surface area (Å²) in [6, 6.07) is 8.41. The normalized spacial score (nSPS) is 15.0. The number of aromatic nitrogens is 4. The Morgan fingerprint density at radius 3 is 2.32 bits per heavy atom. The van der Waals surface area contributed by atoms with E-state index in [9.17, 15) is 14.4 Å². The number of rotatable bonds is 8. The summed E-state index contributed by atoms with van der Waals surface area (Å²) in [6.45, 7) is 6.78. The summed E-state index contributed by atoms with van der Waals surface area (Å²) in [6.07, 6.45) is 7.62. The van der Waals surface area contributed by atoms with Crippen molar-refractivity contribution in [2.24, 2.45) is 7.05 Å². The Kier molecular flexibility index (Phi) is 12.3. The van der Waals surface area contributed by atoms with Crippen molar-refractivity contribution in [1.82, 2.24) is 24.9 Å². The Labute approximate surface area is 238 Å². The Hall–Kier alpha value is -2.67. The van der Waals surface area contributed by atoms with Crippen LogP contribution in [0.5, 0.6) is 0 Å². The second-order valence-electron chi connectivity index (χ2n) is 8.68. The van der Waals surface area contributed by atoms with Crippen LogP contribution in [0.3, 0.4) is 0 Å². The number of para-hydroxylation sites is 1. The van der Waals surface area contributed by atoms with Gasteiger partial charge in [-0.05, 0) is 44.0 Å². The first kappa shape index (κ1) is 30.6. The van der Waals surface area contributed by atoms with Crippen LogP contribution in [0.2, 0.25) is 0 Å². The third-order valence-electron chi connectivity index (χ3n) is 5.66. The number of hydrogen-bond acceptors (Lipinski definition) is 9. The van der Waals surface area contributed by atoms with Gasteiger partial charge in [-0.1, -0.05) is 18.2 Å². The molecule has 11 nitrogen and oxygen atoms in total. The van der Waals surface area contributed by atoms with E-state index in [4.69, 9.17) is 0 Å². The van der Waals surface area contributed by atoms with Crippen molar-refractivity contribution in [3.63, 3.8) is 0 Å². The molecule has 13 heteroatoms. The molecule has 4 rings (SSSR count). The smallest absolute Gasteiger partial charge is 0.642 e. The average molecular weight is 520 g/mol. The molecule has 0 saturated carbocycles. The van der Waals surface area contributed by atoms with Gasteiger partial charge in [-0.15, -0.1) is 0 Å². The van der Waals surface area contributed by atoms with E-state index in [-0.39, 0.29) is 29.6 Å². The summed E-state index contributed by atoms with van der Waals surface area (Å²) in [7, 11) is 0.385. The van der Waals surface area contributed by atoms with Crippen molar-refractivity contribution < 1.29 is 57.9 Å². The second kappa shape index (κ2) is 14.9. The average Bonchev–Trinajstić information content (AvgIpc) is 3.52. The number of nitrogens with one attached hydrogen (secondary N) is 1. The molecule has 2 aromatic heterocycles. The number of aromatic amines is 1. The van der Waals surface area contributed by atoms with Gasteiger partial charge in [-0.25, -0.2) is 0 Å². The number of aryl methyl sites for hydroxylation is 2. The van der Waals surface area contributed by atoms with Gasteiger partial charge in [-0.2, -0.15) is 10.2 Å². The molecule has 1 unspecified atom stereocenters. The molecule has 1 atom stereocenters. The zero-order chi connectivity index (χ0) is 26.1. The SMILES string of the molecule is CC(=O)O[B-](OC(C)=O)OC(C)=O.Cn1cc(CCCN2CCC(c3[nH]nc4ccccc34)C2)cn1.[Na+]. The van der Waals surface area contributed by atoms with E-state index in [0.717, 1.165) is 45.8 Å². The third kappa shape index (κ3) is 9.96.